The predicted octanol–water partition coefficient (Wildman–Crippen LogP) is 1.48. The van der Waals surface area contributed by atoms with Gasteiger partial charge in [-0.1, -0.05) is 0 Å². The first kappa shape index (κ1) is 18.2. The van der Waals surface area contributed by atoms with Gasteiger partial charge in [-0.25, -0.2) is 0 Å². The van der Waals surface area contributed by atoms with Gasteiger partial charge in [0.2, 0.25) is 11.8 Å². The molecule has 1 aromatic heterocycles. The average Bonchev–Trinajstić information content (AvgIpc) is 3.11. The van der Waals surface area contributed by atoms with Gasteiger partial charge in [-0.3, -0.25) is 14.6 Å². The van der Waals surface area contributed by atoms with E-state index in [4.69, 9.17) is 9.47 Å². The van der Waals surface area contributed by atoms with Crippen LogP contribution in [0.2, 0.25) is 0 Å². The lowest BCUT2D eigenvalue weighted by atomic mass is 10.0. The van der Waals surface area contributed by atoms with Crippen molar-refractivity contribution >= 4 is 11.8 Å². The fourth-order valence-corrected chi connectivity index (χ4v) is 4.31. The number of likely N-dealkylation sites (tertiary alicyclic amines) is 2. The van der Waals surface area contributed by atoms with Crippen molar-refractivity contribution in [2.75, 3.05) is 32.8 Å². The van der Waals surface area contributed by atoms with Crippen LogP contribution in [-0.2, 0) is 14.3 Å². The van der Waals surface area contributed by atoms with Gasteiger partial charge < -0.3 is 19.3 Å². The average molecular weight is 373 g/mol. The minimum absolute atomic E-state index is 0.121. The van der Waals surface area contributed by atoms with Crippen molar-refractivity contribution in [1.82, 2.24) is 14.8 Å². The Kier molecular flexibility index (Phi) is 5.57. The van der Waals surface area contributed by atoms with Gasteiger partial charge in [0.15, 0.2) is 0 Å². The van der Waals surface area contributed by atoms with Crippen LogP contribution >= 0.6 is 0 Å². The number of piperidine rings is 1. The maximum atomic E-state index is 12.9. The topological polar surface area (TPSA) is 72.0 Å². The first-order chi connectivity index (χ1) is 13.2. The van der Waals surface area contributed by atoms with Gasteiger partial charge >= 0.3 is 0 Å². The van der Waals surface area contributed by atoms with Crippen molar-refractivity contribution in [1.29, 1.82) is 0 Å². The smallest absolute Gasteiger partial charge is 0.227 e. The van der Waals surface area contributed by atoms with E-state index in [1.54, 1.807) is 12.4 Å². The number of ether oxygens (including phenoxy) is 2. The van der Waals surface area contributed by atoms with Crippen LogP contribution in [0.1, 0.15) is 32.1 Å². The molecule has 3 fully saturated rings. The Morgan fingerprint density at radius 2 is 1.81 bits per heavy atom. The highest BCUT2D eigenvalue weighted by Gasteiger charge is 2.40. The van der Waals surface area contributed by atoms with Crippen LogP contribution < -0.4 is 4.74 Å². The fourth-order valence-electron chi connectivity index (χ4n) is 4.31. The zero-order valence-electron chi connectivity index (χ0n) is 15.6. The van der Waals surface area contributed by atoms with Gasteiger partial charge in [0.05, 0.1) is 5.92 Å². The van der Waals surface area contributed by atoms with Crippen LogP contribution in [0.3, 0.4) is 0 Å². The van der Waals surface area contributed by atoms with Gasteiger partial charge in [-0.2, -0.15) is 0 Å². The molecule has 1 atom stereocenters. The van der Waals surface area contributed by atoms with E-state index in [1.807, 2.05) is 21.9 Å². The largest absolute Gasteiger partial charge is 0.490 e. The molecule has 0 radical (unpaired) electrons. The number of carbonyl (C=O) groups excluding carboxylic acids is 2. The molecule has 0 N–H and O–H groups in total. The Morgan fingerprint density at radius 3 is 2.52 bits per heavy atom. The highest BCUT2D eigenvalue weighted by molar-refractivity contribution is 5.89. The van der Waals surface area contributed by atoms with Gasteiger partial charge in [0.25, 0.3) is 0 Å². The van der Waals surface area contributed by atoms with Crippen LogP contribution in [0, 0.1) is 5.92 Å². The molecule has 7 nitrogen and oxygen atoms in total. The molecule has 146 valence electrons. The van der Waals surface area contributed by atoms with Crippen LogP contribution in [-0.4, -0.2) is 71.6 Å². The molecule has 4 heterocycles. The third-order valence-corrected chi connectivity index (χ3v) is 5.85. The SMILES string of the molecule is O=C(C1CC(=O)N(C2CCOCC2)C1)N1CCC(Oc2ccncc2)CC1. The van der Waals surface area contributed by atoms with Crippen molar-refractivity contribution in [3.8, 4) is 5.75 Å². The molecular formula is C20H27N3O4. The number of carbonyl (C=O) groups is 2. The quantitative estimate of drug-likeness (QED) is 0.799. The molecule has 1 aromatic rings. The van der Waals surface area contributed by atoms with Crippen LogP contribution in [0.25, 0.3) is 0 Å². The van der Waals surface area contributed by atoms with E-state index in [-0.39, 0.29) is 29.9 Å². The van der Waals surface area contributed by atoms with E-state index in [1.165, 1.54) is 0 Å². The minimum Gasteiger partial charge on any atom is -0.490 e. The third kappa shape index (κ3) is 4.24. The first-order valence-corrected chi connectivity index (χ1v) is 9.93. The number of nitrogens with zero attached hydrogens (tertiary/aromatic N) is 3. The molecule has 3 aliphatic heterocycles. The van der Waals surface area contributed by atoms with Crippen molar-refractivity contribution < 1.29 is 19.1 Å². The Balaban J connectivity index is 1.27. The van der Waals surface area contributed by atoms with Crippen molar-refractivity contribution in [3.63, 3.8) is 0 Å². The molecule has 1 unspecified atom stereocenters. The molecule has 3 aliphatic rings. The van der Waals surface area contributed by atoms with E-state index < -0.39 is 0 Å². The Labute approximate surface area is 159 Å². The molecule has 0 saturated carbocycles. The van der Waals surface area contributed by atoms with Crippen LogP contribution in [0.5, 0.6) is 5.75 Å². The number of hydrogen-bond donors (Lipinski definition) is 0. The summed E-state index contributed by atoms with van der Waals surface area (Å²) in [4.78, 5) is 33.2. The zero-order chi connectivity index (χ0) is 18.6. The summed E-state index contributed by atoms with van der Waals surface area (Å²) < 4.78 is 11.4. The Hall–Kier alpha value is -2.15. The zero-order valence-corrected chi connectivity index (χ0v) is 15.6. The van der Waals surface area contributed by atoms with Crippen molar-refractivity contribution in [2.24, 2.45) is 5.92 Å². The lowest BCUT2D eigenvalue weighted by molar-refractivity contribution is -0.137. The summed E-state index contributed by atoms with van der Waals surface area (Å²) in [6, 6.07) is 3.95. The van der Waals surface area contributed by atoms with Gasteiger partial charge in [0.1, 0.15) is 11.9 Å². The molecule has 0 aliphatic carbocycles. The van der Waals surface area contributed by atoms with Crippen LogP contribution in [0.4, 0.5) is 0 Å². The summed E-state index contributed by atoms with van der Waals surface area (Å²) in [6.07, 6.45) is 7.31. The summed E-state index contributed by atoms with van der Waals surface area (Å²) in [6.45, 7) is 3.36. The summed E-state index contributed by atoms with van der Waals surface area (Å²) in [5, 5.41) is 0. The highest BCUT2D eigenvalue weighted by Crippen LogP contribution is 2.27. The van der Waals surface area contributed by atoms with E-state index in [9.17, 15) is 9.59 Å². The normalized spacial score (nSPS) is 25.0. The Bertz CT molecular complexity index is 654. The second-order valence-corrected chi connectivity index (χ2v) is 7.62. The molecule has 0 aromatic carbocycles. The van der Waals surface area contributed by atoms with E-state index in [0.717, 1.165) is 31.4 Å². The van der Waals surface area contributed by atoms with Gasteiger partial charge in [-0.05, 0) is 25.0 Å². The highest BCUT2D eigenvalue weighted by atomic mass is 16.5. The maximum Gasteiger partial charge on any atom is 0.227 e. The predicted molar refractivity (Wildman–Crippen MR) is 98.1 cm³/mol. The van der Waals surface area contributed by atoms with Gasteiger partial charge in [0, 0.05) is 70.5 Å². The summed E-state index contributed by atoms with van der Waals surface area (Å²) in [5.74, 6) is 0.873. The third-order valence-electron chi connectivity index (χ3n) is 5.85. The van der Waals surface area contributed by atoms with Crippen molar-refractivity contribution in [2.45, 2.75) is 44.2 Å². The summed E-state index contributed by atoms with van der Waals surface area (Å²) in [5.41, 5.74) is 0. The van der Waals surface area contributed by atoms with E-state index in [2.05, 4.69) is 4.98 Å². The second kappa shape index (κ2) is 8.25. The van der Waals surface area contributed by atoms with Crippen LogP contribution in [0.15, 0.2) is 24.5 Å². The summed E-state index contributed by atoms with van der Waals surface area (Å²) in [7, 11) is 0. The molecule has 4 rings (SSSR count). The minimum atomic E-state index is -0.196. The number of rotatable bonds is 4. The lowest BCUT2D eigenvalue weighted by Crippen LogP contribution is -2.45. The molecule has 27 heavy (non-hydrogen) atoms. The monoisotopic (exact) mass is 373 g/mol. The number of pyridine rings is 1. The van der Waals surface area contributed by atoms with Crippen molar-refractivity contribution in [3.05, 3.63) is 24.5 Å². The van der Waals surface area contributed by atoms with E-state index >= 15 is 0 Å². The molecule has 2 amide bonds. The first-order valence-electron chi connectivity index (χ1n) is 9.93. The molecular weight excluding hydrogens is 346 g/mol. The maximum absolute atomic E-state index is 12.9. The van der Waals surface area contributed by atoms with Gasteiger partial charge in [-0.15, -0.1) is 0 Å². The number of hydrogen-bond acceptors (Lipinski definition) is 5. The second-order valence-electron chi connectivity index (χ2n) is 7.62. The molecule has 7 heteroatoms. The lowest BCUT2D eigenvalue weighted by Gasteiger charge is -2.34. The number of aromatic nitrogens is 1. The standard InChI is InChI=1S/C20H27N3O4/c24-19-13-15(14-23(19)16-5-11-26-12-6-16)20(25)22-9-3-18(4-10-22)27-17-1-7-21-8-2-17/h1-2,7-8,15-16,18H,3-6,9-14H2. The molecule has 3 saturated heterocycles. The Morgan fingerprint density at radius 1 is 1.11 bits per heavy atom. The fraction of sp³-hybridized carbons (Fsp3) is 0.650. The molecule has 0 spiro atoms. The number of amides is 2. The molecule has 0 bridgehead atoms. The van der Waals surface area contributed by atoms with E-state index in [0.29, 0.717) is 39.3 Å². The summed E-state index contributed by atoms with van der Waals surface area (Å²) >= 11 is 0.